The fourth-order valence-corrected chi connectivity index (χ4v) is 9.17. The van der Waals surface area contributed by atoms with Gasteiger partial charge in [-0.1, -0.05) is 179 Å². The molecule has 54 heavy (non-hydrogen) atoms. The van der Waals surface area contributed by atoms with E-state index < -0.39 is 0 Å². The molecule has 2 heteroatoms. The topological polar surface area (TPSA) is 18.5 Å². The quantitative estimate of drug-likeness (QED) is 0.171. The summed E-state index contributed by atoms with van der Waals surface area (Å²) in [6, 6.07) is 26.9. The fraction of sp³-hybridized carbons (Fsp3) is 0.462. The Morgan fingerprint density at radius 1 is 0.481 bits per heavy atom. The van der Waals surface area contributed by atoms with Gasteiger partial charge in [-0.2, -0.15) is 0 Å². The number of ether oxygens (including phenoxy) is 2. The van der Waals surface area contributed by atoms with Crippen LogP contribution < -0.4 is 9.47 Å². The predicted molar refractivity (Wildman–Crippen MR) is 233 cm³/mol. The second-order valence-corrected chi connectivity index (χ2v) is 20.5. The predicted octanol–water partition coefficient (Wildman–Crippen LogP) is 14.9. The molecule has 2 nitrogen and oxygen atoms in total. The number of hydrogen-bond donors (Lipinski definition) is 0. The second-order valence-electron chi connectivity index (χ2n) is 20.5. The highest BCUT2D eigenvalue weighted by Gasteiger charge is 2.38. The summed E-state index contributed by atoms with van der Waals surface area (Å²) in [5, 5.41) is 0. The van der Waals surface area contributed by atoms with Crippen molar-refractivity contribution in [1.29, 1.82) is 0 Å². The van der Waals surface area contributed by atoms with Gasteiger partial charge in [-0.3, -0.25) is 0 Å². The van der Waals surface area contributed by atoms with Gasteiger partial charge in [-0.15, -0.1) is 0 Å². The third-order valence-electron chi connectivity index (χ3n) is 11.4. The summed E-state index contributed by atoms with van der Waals surface area (Å²) < 4.78 is 12.7. The zero-order valence-electron chi connectivity index (χ0n) is 35.9. The Hall–Kier alpha value is -4.04. The van der Waals surface area contributed by atoms with Crippen LogP contribution >= 0.6 is 0 Å². The lowest BCUT2D eigenvalue weighted by atomic mass is 9.75. The van der Waals surface area contributed by atoms with Crippen LogP contribution in [0, 0.1) is 10.8 Å². The van der Waals surface area contributed by atoms with Gasteiger partial charge in [0, 0.05) is 34.1 Å². The number of fused-ring (bicyclic) bond motifs is 2. The van der Waals surface area contributed by atoms with E-state index in [2.05, 4.69) is 168 Å². The minimum atomic E-state index is -0.0789. The van der Waals surface area contributed by atoms with Crippen molar-refractivity contribution >= 4 is 12.2 Å². The van der Waals surface area contributed by atoms with Crippen LogP contribution in [-0.4, -0.2) is 14.2 Å². The Balaban J connectivity index is 1.54. The summed E-state index contributed by atoms with van der Waals surface area (Å²) in [4.78, 5) is 0. The molecule has 0 saturated carbocycles. The van der Waals surface area contributed by atoms with Crippen molar-refractivity contribution in [1.82, 2.24) is 0 Å². The van der Waals surface area contributed by atoms with Gasteiger partial charge in [0.05, 0.1) is 14.2 Å². The van der Waals surface area contributed by atoms with E-state index in [-0.39, 0.29) is 21.7 Å². The summed E-state index contributed by atoms with van der Waals surface area (Å²) in [6.45, 7) is 28.3. The van der Waals surface area contributed by atoms with Crippen molar-refractivity contribution < 1.29 is 9.47 Å². The molecule has 0 amide bonds. The van der Waals surface area contributed by atoms with Gasteiger partial charge < -0.3 is 9.47 Å². The van der Waals surface area contributed by atoms with Crippen molar-refractivity contribution in [3.05, 3.63) is 117 Å². The molecule has 0 fully saturated rings. The lowest BCUT2D eigenvalue weighted by Gasteiger charge is -2.30. The molecule has 6 rings (SSSR count). The van der Waals surface area contributed by atoms with Crippen LogP contribution in [0.3, 0.4) is 0 Å². The van der Waals surface area contributed by atoms with E-state index in [9.17, 15) is 0 Å². The van der Waals surface area contributed by atoms with Gasteiger partial charge in [-0.25, -0.2) is 0 Å². The molecule has 0 spiro atoms. The van der Waals surface area contributed by atoms with E-state index in [1.165, 1.54) is 55.6 Å². The molecule has 2 atom stereocenters. The average molecular weight is 723 g/mol. The first-order valence-electron chi connectivity index (χ1n) is 20.2. The molecule has 0 aromatic heterocycles. The average Bonchev–Trinajstić information content (AvgIpc) is 3.59. The highest BCUT2D eigenvalue weighted by molar-refractivity contribution is 5.89. The van der Waals surface area contributed by atoms with Crippen LogP contribution in [0.1, 0.15) is 154 Å². The van der Waals surface area contributed by atoms with E-state index in [0.29, 0.717) is 11.8 Å². The molecule has 286 valence electrons. The first-order valence-corrected chi connectivity index (χ1v) is 20.2. The van der Waals surface area contributed by atoms with Gasteiger partial charge in [-0.05, 0) is 80.7 Å². The molecule has 2 aliphatic rings. The smallest absolute Gasteiger partial charge is 0.131 e. The largest absolute Gasteiger partial charge is 0.496 e. The van der Waals surface area contributed by atoms with E-state index in [4.69, 9.17) is 9.47 Å². The van der Waals surface area contributed by atoms with Crippen LogP contribution in [0.15, 0.2) is 83.9 Å². The zero-order valence-corrected chi connectivity index (χ0v) is 35.9. The number of rotatable bonds is 9. The SMILES string of the molecule is COc1c(C(C)(C)C)cc2c(c1-c1ccccc1)C=C(CC(C)(C)C)C2CCC1C(CC(C)(C)C)=Cc2c1cc(C(C)(C)C)c(OC)c2-c1ccccc1. The molecular weight excluding hydrogens is 657 g/mol. The summed E-state index contributed by atoms with van der Waals surface area (Å²) >= 11 is 0. The molecule has 0 saturated heterocycles. The van der Waals surface area contributed by atoms with Crippen molar-refractivity contribution in [3.63, 3.8) is 0 Å². The maximum absolute atomic E-state index is 6.35. The Morgan fingerprint density at radius 3 is 1.09 bits per heavy atom. The maximum Gasteiger partial charge on any atom is 0.131 e. The third kappa shape index (κ3) is 8.00. The number of benzene rings is 4. The molecule has 4 aromatic rings. The molecule has 0 N–H and O–H groups in total. The van der Waals surface area contributed by atoms with Crippen molar-refractivity contribution in [3.8, 4) is 33.8 Å². The Kier molecular flexibility index (Phi) is 10.7. The van der Waals surface area contributed by atoms with Crippen molar-refractivity contribution in [2.24, 2.45) is 10.8 Å². The maximum atomic E-state index is 6.35. The van der Waals surface area contributed by atoms with Crippen molar-refractivity contribution in [2.45, 2.75) is 131 Å². The Bertz CT molecular complexity index is 1900. The third-order valence-corrected chi connectivity index (χ3v) is 11.4. The minimum absolute atomic E-state index is 0.0789. The Morgan fingerprint density at radius 2 is 0.815 bits per heavy atom. The highest BCUT2D eigenvalue weighted by Crippen LogP contribution is 2.56. The van der Waals surface area contributed by atoms with Gasteiger partial charge in [0.1, 0.15) is 11.5 Å². The standard InChI is InChI=1S/C52H66O2/c1-49(2,3)31-35-27-41-39(29-43(51(7,8)9)47(53-13)45(41)33-21-17-15-18-22-33)37(35)25-26-38-36(32-50(4,5)6)28-42-40(38)30-44(52(10,11)12)48(54-14)46(42)34-23-19-16-20-24-34/h15-24,27-30,37-38H,25-26,31-32H2,1-14H3. The van der Waals surface area contributed by atoms with Gasteiger partial charge >= 0.3 is 0 Å². The van der Waals surface area contributed by atoms with Crippen molar-refractivity contribution in [2.75, 3.05) is 14.2 Å². The molecular formula is C52H66O2. The van der Waals surface area contributed by atoms with Gasteiger partial charge in [0.15, 0.2) is 0 Å². The molecule has 0 heterocycles. The Labute approximate surface area is 328 Å². The fourth-order valence-electron chi connectivity index (χ4n) is 9.17. The minimum Gasteiger partial charge on any atom is -0.496 e. The van der Waals surface area contributed by atoms with Crippen LogP contribution in [0.5, 0.6) is 11.5 Å². The first-order chi connectivity index (χ1) is 25.2. The van der Waals surface area contributed by atoms with Crippen LogP contribution in [0.4, 0.5) is 0 Å². The van der Waals surface area contributed by atoms with Crippen LogP contribution in [0.25, 0.3) is 34.4 Å². The molecule has 2 aliphatic carbocycles. The summed E-state index contributed by atoms with van der Waals surface area (Å²) in [5.41, 5.74) is 16.4. The number of allylic oxidation sites excluding steroid dienone is 2. The molecule has 2 unspecified atom stereocenters. The number of hydrogen-bond acceptors (Lipinski definition) is 2. The van der Waals surface area contributed by atoms with Crippen LogP contribution in [0.2, 0.25) is 0 Å². The summed E-state index contributed by atoms with van der Waals surface area (Å²) in [7, 11) is 3.70. The summed E-state index contributed by atoms with van der Waals surface area (Å²) in [5.74, 6) is 2.69. The lowest BCUT2D eigenvalue weighted by molar-refractivity contribution is 0.388. The van der Waals surface area contributed by atoms with E-state index in [0.717, 1.165) is 37.2 Å². The molecule has 0 bridgehead atoms. The van der Waals surface area contributed by atoms with Crippen LogP contribution in [-0.2, 0) is 10.8 Å². The van der Waals surface area contributed by atoms with E-state index in [1.54, 1.807) is 11.1 Å². The first kappa shape index (κ1) is 39.6. The zero-order chi connectivity index (χ0) is 39.4. The molecule has 4 aromatic carbocycles. The van der Waals surface area contributed by atoms with E-state index >= 15 is 0 Å². The van der Waals surface area contributed by atoms with Gasteiger partial charge in [0.2, 0.25) is 0 Å². The van der Waals surface area contributed by atoms with Gasteiger partial charge in [0.25, 0.3) is 0 Å². The molecule has 0 aliphatic heterocycles. The summed E-state index contributed by atoms with van der Waals surface area (Å²) in [6.07, 6.45) is 9.39. The lowest BCUT2D eigenvalue weighted by Crippen LogP contribution is -2.17. The van der Waals surface area contributed by atoms with E-state index in [1.807, 2.05) is 14.2 Å². The molecule has 0 radical (unpaired) electrons. The second kappa shape index (κ2) is 14.6. The number of methoxy groups -OCH3 is 2. The monoisotopic (exact) mass is 723 g/mol. The highest BCUT2D eigenvalue weighted by atomic mass is 16.5. The normalized spacial score (nSPS) is 17.2.